The molecule has 1 heterocycles. The molecule has 0 aliphatic carbocycles. The van der Waals surface area contributed by atoms with Gasteiger partial charge in [0.05, 0.1) is 10.6 Å². The number of benzene rings is 1. The Kier molecular flexibility index (Phi) is 4.06. The number of rotatable bonds is 5. The van der Waals surface area contributed by atoms with Gasteiger partial charge in [-0.05, 0) is 12.1 Å². The van der Waals surface area contributed by atoms with Gasteiger partial charge in [0.15, 0.2) is 0 Å². The summed E-state index contributed by atoms with van der Waals surface area (Å²) < 4.78 is 5.50. The van der Waals surface area contributed by atoms with Gasteiger partial charge >= 0.3 is 0 Å². The van der Waals surface area contributed by atoms with E-state index < -0.39 is 0 Å². The summed E-state index contributed by atoms with van der Waals surface area (Å²) in [6.07, 6.45) is 1.48. The topological polar surface area (TPSA) is 81.2 Å². The maximum atomic E-state index is 10.9. The minimum Gasteiger partial charge on any atom is -0.364 e. The van der Waals surface area contributed by atoms with E-state index >= 15 is 0 Å². The minimum atomic E-state index is -0.389. The summed E-state index contributed by atoms with van der Waals surface area (Å²) >= 11 is 3.30. The Morgan fingerprint density at radius 1 is 1.39 bits per heavy atom. The molecule has 2 aromatic rings. The summed E-state index contributed by atoms with van der Waals surface area (Å²) in [6.45, 7) is 0.892. The Labute approximate surface area is 111 Å². The zero-order chi connectivity index (χ0) is 13.0. The minimum absolute atomic E-state index is 0.103. The number of nitrogens with one attached hydrogen (secondary N) is 1. The molecule has 2 rings (SSSR count). The number of aromatic nitrogens is 1. The van der Waals surface area contributed by atoms with E-state index in [-0.39, 0.29) is 10.6 Å². The first kappa shape index (κ1) is 12.7. The standard InChI is InChI=1S/C11H10BrN3O3/c12-9-1-2-11(15(16)17)8(5-9)6-13-7-10-3-4-18-14-10/h1-5,13H,6-7H2. The molecule has 0 amide bonds. The molecule has 0 aliphatic rings. The summed E-state index contributed by atoms with van der Waals surface area (Å²) in [5.74, 6) is 0. The molecular formula is C11H10BrN3O3. The molecule has 0 spiro atoms. The maximum Gasteiger partial charge on any atom is 0.273 e. The average molecular weight is 312 g/mol. The molecule has 0 aliphatic heterocycles. The van der Waals surface area contributed by atoms with Gasteiger partial charge in [0.1, 0.15) is 6.26 Å². The molecule has 1 aromatic carbocycles. The lowest BCUT2D eigenvalue weighted by Crippen LogP contribution is -2.14. The van der Waals surface area contributed by atoms with Gasteiger partial charge in [-0.25, -0.2) is 0 Å². The third-order valence-electron chi connectivity index (χ3n) is 2.35. The van der Waals surface area contributed by atoms with Crippen molar-refractivity contribution in [2.24, 2.45) is 0 Å². The van der Waals surface area contributed by atoms with Crippen LogP contribution in [0.4, 0.5) is 5.69 Å². The van der Waals surface area contributed by atoms with E-state index in [4.69, 9.17) is 4.52 Å². The number of hydrogen-bond donors (Lipinski definition) is 1. The zero-order valence-corrected chi connectivity index (χ0v) is 10.9. The van der Waals surface area contributed by atoms with E-state index in [1.54, 1.807) is 18.2 Å². The first-order valence-corrected chi connectivity index (χ1v) is 5.99. The molecule has 0 unspecified atom stereocenters. The molecule has 0 fully saturated rings. The van der Waals surface area contributed by atoms with Crippen LogP contribution in [0.1, 0.15) is 11.3 Å². The number of nitrogens with zero attached hydrogens (tertiary/aromatic N) is 2. The van der Waals surface area contributed by atoms with Crippen molar-refractivity contribution in [1.82, 2.24) is 10.5 Å². The van der Waals surface area contributed by atoms with Crippen molar-refractivity contribution in [3.63, 3.8) is 0 Å². The predicted octanol–water partition coefficient (Wildman–Crippen LogP) is 2.64. The number of nitro groups is 1. The van der Waals surface area contributed by atoms with Crippen molar-refractivity contribution < 1.29 is 9.45 Å². The molecular weight excluding hydrogens is 302 g/mol. The SMILES string of the molecule is O=[N+]([O-])c1ccc(Br)cc1CNCc1ccon1. The van der Waals surface area contributed by atoms with Crippen molar-refractivity contribution in [2.75, 3.05) is 0 Å². The van der Waals surface area contributed by atoms with Crippen molar-refractivity contribution >= 4 is 21.6 Å². The van der Waals surface area contributed by atoms with Gasteiger partial charge < -0.3 is 9.84 Å². The van der Waals surface area contributed by atoms with Crippen LogP contribution in [-0.4, -0.2) is 10.1 Å². The van der Waals surface area contributed by atoms with Crippen LogP contribution in [0.2, 0.25) is 0 Å². The van der Waals surface area contributed by atoms with Crippen LogP contribution in [0, 0.1) is 10.1 Å². The van der Waals surface area contributed by atoms with Gasteiger partial charge in [-0.3, -0.25) is 10.1 Å². The molecule has 0 saturated carbocycles. The summed E-state index contributed by atoms with van der Waals surface area (Å²) in [5, 5.41) is 17.7. The van der Waals surface area contributed by atoms with Gasteiger partial charge in [0.25, 0.3) is 5.69 Å². The lowest BCUT2D eigenvalue weighted by molar-refractivity contribution is -0.385. The molecule has 1 aromatic heterocycles. The molecule has 0 bridgehead atoms. The van der Waals surface area contributed by atoms with Gasteiger partial charge in [0, 0.05) is 35.3 Å². The Balaban J connectivity index is 2.03. The second-order valence-electron chi connectivity index (χ2n) is 3.62. The molecule has 6 nitrogen and oxygen atoms in total. The van der Waals surface area contributed by atoms with Crippen molar-refractivity contribution in [3.05, 3.63) is 56.4 Å². The number of nitro benzene ring substituents is 1. The van der Waals surface area contributed by atoms with Gasteiger partial charge in [-0.2, -0.15) is 0 Å². The summed E-state index contributed by atoms with van der Waals surface area (Å²) in [5.41, 5.74) is 1.48. The summed E-state index contributed by atoms with van der Waals surface area (Å²) in [4.78, 5) is 10.5. The molecule has 0 radical (unpaired) electrons. The van der Waals surface area contributed by atoms with Gasteiger partial charge in [-0.15, -0.1) is 0 Å². The highest BCUT2D eigenvalue weighted by Crippen LogP contribution is 2.22. The highest BCUT2D eigenvalue weighted by atomic mass is 79.9. The van der Waals surface area contributed by atoms with Crippen molar-refractivity contribution in [1.29, 1.82) is 0 Å². The summed E-state index contributed by atoms with van der Waals surface area (Å²) in [6, 6.07) is 6.60. The molecule has 18 heavy (non-hydrogen) atoms. The Bertz CT molecular complexity index is 542. The largest absolute Gasteiger partial charge is 0.364 e. The lowest BCUT2D eigenvalue weighted by Gasteiger charge is -2.04. The number of halogens is 1. The van der Waals surface area contributed by atoms with E-state index in [2.05, 4.69) is 26.4 Å². The van der Waals surface area contributed by atoms with Crippen LogP contribution in [-0.2, 0) is 13.1 Å². The highest BCUT2D eigenvalue weighted by Gasteiger charge is 2.13. The predicted molar refractivity (Wildman–Crippen MR) is 67.8 cm³/mol. The smallest absolute Gasteiger partial charge is 0.273 e. The van der Waals surface area contributed by atoms with Crippen LogP contribution in [0.5, 0.6) is 0 Å². The molecule has 0 atom stereocenters. The average Bonchev–Trinajstić information content (AvgIpc) is 2.82. The molecule has 7 heteroatoms. The Hall–Kier alpha value is -1.73. The third kappa shape index (κ3) is 3.14. The first-order valence-electron chi connectivity index (χ1n) is 5.19. The lowest BCUT2D eigenvalue weighted by atomic mass is 10.2. The van der Waals surface area contributed by atoms with E-state index in [9.17, 15) is 10.1 Å². The monoisotopic (exact) mass is 311 g/mol. The molecule has 1 N–H and O–H groups in total. The fraction of sp³-hybridized carbons (Fsp3) is 0.182. The van der Waals surface area contributed by atoms with E-state index in [0.29, 0.717) is 18.7 Å². The van der Waals surface area contributed by atoms with Crippen LogP contribution in [0.3, 0.4) is 0 Å². The second kappa shape index (κ2) is 5.74. The Morgan fingerprint density at radius 3 is 2.89 bits per heavy atom. The second-order valence-corrected chi connectivity index (χ2v) is 4.54. The van der Waals surface area contributed by atoms with Gasteiger partial charge in [0.2, 0.25) is 0 Å². The fourth-order valence-corrected chi connectivity index (χ4v) is 1.94. The zero-order valence-electron chi connectivity index (χ0n) is 9.30. The third-order valence-corrected chi connectivity index (χ3v) is 2.84. The normalized spacial score (nSPS) is 10.5. The molecule has 94 valence electrons. The maximum absolute atomic E-state index is 10.9. The highest BCUT2D eigenvalue weighted by molar-refractivity contribution is 9.10. The Morgan fingerprint density at radius 2 is 2.22 bits per heavy atom. The van der Waals surface area contributed by atoms with Crippen molar-refractivity contribution in [3.8, 4) is 0 Å². The van der Waals surface area contributed by atoms with Crippen LogP contribution >= 0.6 is 15.9 Å². The van der Waals surface area contributed by atoms with Crippen molar-refractivity contribution in [2.45, 2.75) is 13.1 Å². The summed E-state index contributed by atoms with van der Waals surface area (Å²) in [7, 11) is 0. The van der Waals surface area contributed by atoms with E-state index in [1.165, 1.54) is 12.3 Å². The van der Waals surface area contributed by atoms with Crippen LogP contribution in [0.25, 0.3) is 0 Å². The fourth-order valence-electron chi connectivity index (χ4n) is 1.53. The first-order chi connectivity index (χ1) is 8.66. The number of hydrogen-bond acceptors (Lipinski definition) is 5. The quantitative estimate of drug-likeness (QED) is 0.678. The molecule has 0 saturated heterocycles. The van der Waals surface area contributed by atoms with E-state index in [1.807, 2.05) is 0 Å². The van der Waals surface area contributed by atoms with Gasteiger partial charge in [-0.1, -0.05) is 21.1 Å². The van der Waals surface area contributed by atoms with E-state index in [0.717, 1.165) is 10.2 Å². The van der Waals surface area contributed by atoms with Crippen LogP contribution in [0.15, 0.2) is 39.5 Å². The van der Waals surface area contributed by atoms with Crippen LogP contribution < -0.4 is 5.32 Å².